The Kier molecular flexibility index (Phi) is 5.20. The molecule has 3 N–H and O–H groups in total. The van der Waals surface area contributed by atoms with E-state index in [1.165, 1.54) is 12.8 Å². The van der Waals surface area contributed by atoms with Crippen molar-refractivity contribution in [2.45, 2.75) is 38.1 Å². The molecule has 0 aliphatic heterocycles. The lowest BCUT2D eigenvalue weighted by Crippen LogP contribution is -2.54. The maximum absolute atomic E-state index is 12.2. The molecule has 1 amide bonds. The van der Waals surface area contributed by atoms with Gasteiger partial charge in [0.1, 0.15) is 0 Å². The molecule has 1 heterocycles. The molecule has 5 heteroatoms. The van der Waals surface area contributed by atoms with Crippen LogP contribution in [0.4, 0.5) is 0 Å². The number of nitrogens with two attached hydrogens (primary N) is 1. The van der Waals surface area contributed by atoms with Crippen molar-refractivity contribution in [2.75, 3.05) is 6.54 Å². The fraction of sp³-hybridized carbons (Fsp3) is 0.615. The summed E-state index contributed by atoms with van der Waals surface area (Å²) in [7, 11) is 0. The minimum atomic E-state index is -0.220. The van der Waals surface area contributed by atoms with Crippen molar-refractivity contribution >= 4 is 29.7 Å². The molecular formula is C13H21ClN2OS. The van der Waals surface area contributed by atoms with Crippen LogP contribution in [0.25, 0.3) is 0 Å². The molecule has 0 bridgehead atoms. The molecule has 1 aromatic rings. The standard InChI is InChI=1S/C13H20N2OS.ClH/c1-9(11-4-3-7-17-11)12(16)15-13(2,8-14)10-5-6-10;/h3-4,7,9-10H,5-6,8,14H2,1-2H3,(H,15,16);1H. The van der Waals surface area contributed by atoms with E-state index in [9.17, 15) is 4.79 Å². The van der Waals surface area contributed by atoms with Crippen molar-refractivity contribution in [2.24, 2.45) is 11.7 Å². The normalized spacial score (nSPS) is 19.5. The third-order valence-electron chi connectivity index (χ3n) is 3.67. The van der Waals surface area contributed by atoms with Gasteiger partial charge in [-0.05, 0) is 44.1 Å². The first-order chi connectivity index (χ1) is 8.07. The molecule has 1 aliphatic rings. The molecule has 1 saturated carbocycles. The topological polar surface area (TPSA) is 55.1 Å². The van der Waals surface area contributed by atoms with E-state index in [2.05, 4.69) is 12.2 Å². The quantitative estimate of drug-likeness (QED) is 0.875. The molecule has 0 saturated heterocycles. The van der Waals surface area contributed by atoms with Gasteiger partial charge >= 0.3 is 0 Å². The summed E-state index contributed by atoms with van der Waals surface area (Å²) >= 11 is 1.62. The Balaban J connectivity index is 0.00000162. The molecular weight excluding hydrogens is 268 g/mol. The maximum Gasteiger partial charge on any atom is 0.228 e. The first-order valence-corrected chi connectivity index (χ1v) is 7.00. The van der Waals surface area contributed by atoms with Crippen molar-refractivity contribution in [3.63, 3.8) is 0 Å². The zero-order valence-electron chi connectivity index (χ0n) is 10.8. The summed E-state index contributed by atoms with van der Waals surface area (Å²) < 4.78 is 0. The molecule has 1 aromatic heterocycles. The Morgan fingerprint density at radius 1 is 1.67 bits per heavy atom. The van der Waals surface area contributed by atoms with E-state index in [-0.39, 0.29) is 29.8 Å². The summed E-state index contributed by atoms with van der Waals surface area (Å²) in [5.41, 5.74) is 5.58. The van der Waals surface area contributed by atoms with Gasteiger partial charge in [-0.25, -0.2) is 0 Å². The number of hydrogen-bond donors (Lipinski definition) is 2. The van der Waals surface area contributed by atoms with Gasteiger partial charge in [0.2, 0.25) is 5.91 Å². The SMILES string of the molecule is CC(C(=O)NC(C)(CN)C1CC1)c1cccs1.Cl. The molecule has 2 unspecified atom stereocenters. The first kappa shape index (κ1) is 15.5. The number of amides is 1. The smallest absolute Gasteiger partial charge is 0.228 e. The van der Waals surface area contributed by atoms with Gasteiger partial charge in [0.25, 0.3) is 0 Å². The number of hydrogen-bond acceptors (Lipinski definition) is 3. The highest BCUT2D eigenvalue weighted by Gasteiger charge is 2.42. The molecule has 102 valence electrons. The summed E-state index contributed by atoms with van der Waals surface area (Å²) in [5.74, 6) is 0.568. The lowest BCUT2D eigenvalue weighted by atomic mass is 9.94. The Bertz CT molecular complexity index is 392. The van der Waals surface area contributed by atoms with Crippen LogP contribution in [-0.4, -0.2) is 18.0 Å². The lowest BCUT2D eigenvalue weighted by Gasteiger charge is -2.30. The largest absolute Gasteiger partial charge is 0.349 e. The van der Waals surface area contributed by atoms with Crippen molar-refractivity contribution in [1.29, 1.82) is 0 Å². The summed E-state index contributed by atoms with van der Waals surface area (Å²) in [5, 5.41) is 5.14. The molecule has 2 rings (SSSR count). The van der Waals surface area contributed by atoms with Crippen LogP contribution in [0.15, 0.2) is 17.5 Å². The monoisotopic (exact) mass is 288 g/mol. The van der Waals surface area contributed by atoms with Crippen LogP contribution in [0.2, 0.25) is 0 Å². The van der Waals surface area contributed by atoms with E-state index in [1.54, 1.807) is 11.3 Å². The van der Waals surface area contributed by atoms with Crippen LogP contribution in [0, 0.1) is 5.92 Å². The fourth-order valence-electron chi connectivity index (χ4n) is 2.10. The zero-order chi connectivity index (χ0) is 12.5. The van der Waals surface area contributed by atoms with Gasteiger partial charge in [-0.3, -0.25) is 4.79 Å². The minimum absolute atomic E-state index is 0. The van der Waals surface area contributed by atoms with Crippen LogP contribution >= 0.6 is 23.7 Å². The van der Waals surface area contributed by atoms with Crippen molar-refractivity contribution in [3.05, 3.63) is 22.4 Å². The Hall–Kier alpha value is -0.580. The highest BCUT2D eigenvalue weighted by molar-refractivity contribution is 7.10. The number of rotatable bonds is 5. The molecule has 0 aromatic carbocycles. The average Bonchev–Trinajstić information content (AvgIpc) is 3.05. The third kappa shape index (κ3) is 3.25. The van der Waals surface area contributed by atoms with Crippen LogP contribution < -0.4 is 11.1 Å². The van der Waals surface area contributed by atoms with Gasteiger partial charge in [0, 0.05) is 11.4 Å². The Morgan fingerprint density at radius 3 is 2.78 bits per heavy atom. The van der Waals surface area contributed by atoms with Crippen LogP contribution in [-0.2, 0) is 4.79 Å². The molecule has 18 heavy (non-hydrogen) atoms. The highest BCUT2D eigenvalue weighted by atomic mass is 35.5. The van der Waals surface area contributed by atoms with Gasteiger partial charge in [-0.2, -0.15) is 0 Å². The second-order valence-electron chi connectivity index (χ2n) is 5.12. The number of carbonyl (C=O) groups is 1. The third-order valence-corrected chi connectivity index (χ3v) is 4.73. The van der Waals surface area contributed by atoms with Gasteiger partial charge in [0.05, 0.1) is 11.5 Å². The van der Waals surface area contributed by atoms with Gasteiger partial charge in [-0.15, -0.1) is 23.7 Å². The number of nitrogens with one attached hydrogen (secondary N) is 1. The second-order valence-corrected chi connectivity index (χ2v) is 6.10. The summed E-state index contributed by atoms with van der Waals surface area (Å²) in [6.07, 6.45) is 2.36. The fourth-order valence-corrected chi connectivity index (χ4v) is 2.88. The molecule has 0 radical (unpaired) electrons. The van der Waals surface area contributed by atoms with E-state index in [4.69, 9.17) is 5.73 Å². The van der Waals surface area contributed by atoms with Gasteiger partial charge in [-0.1, -0.05) is 6.07 Å². The number of thiophene rings is 1. The zero-order valence-corrected chi connectivity index (χ0v) is 12.4. The van der Waals surface area contributed by atoms with Gasteiger partial charge < -0.3 is 11.1 Å². The molecule has 1 aliphatic carbocycles. The molecule has 0 spiro atoms. The van der Waals surface area contributed by atoms with Crippen LogP contribution in [0.5, 0.6) is 0 Å². The molecule has 2 atom stereocenters. The number of carbonyl (C=O) groups excluding carboxylic acids is 1. The first-order valence-electron chi connectivity index (χ1n) is 6.12. The maximum atomic E-state index is 12.2. The van der Waals surface area contributed by atoms with E-state index in [1.807, 2.05) is 24.4 Å². The van der Waals surface area contributed by atoms with Gasteiger partial charge in [0.15, 0.2) is 0 Å². The summed E-state index contributed by atoms with van der Waals surface area (Å²) in [4.78, 5) is 13.3. The summed E-state index contributed by atoms with van der Waals surface area (Å²) in [6, 6.07) is 3.98. The second kappa shape index (κ2) is 6.04. The lowest BCUT2D eigenvalue weighted by molar-refractivity contribution is -0.124. The van der Waals surface area contributed by atoms with E-state index in [0.29, 0.717) is 12.5 Å². The van der Waals surface area contributed by atoms with Crippen LogP contribution in [0.1, 0.15) is 37.5 Å². The predicted molar refractivity (Wildman–Crippen MR) is 78.3 cm³/mol. The van der Waals surface area contributed by atoms with E-state index < -0.39 is 0 Å². The Labute approximate surface area is 119 Å². The van der Waals surface area contributed by atoms with E-state index >= 15 is 0 Å². The average molecular weight is 289 g/mol. The molecule has 1 fully saturated rings. The Morgan fingerprint density at radius 2 is 2.33 bits per heavy atom. The summed E-state index contributed by atoms with van der Waals surface area (Å²) in [6.45, 7) is 4.52. The predicted octanol–water partition coefficient (Wildman–Crippen LogP) is 2.52. The van der Waals surface area contributed by atoms with Crippen molar-refractivity contribution in [3.8, 4) is 0 Å². The van der Waals surface area contributed by atoms with Crippen molar-refractivity contribution in [1.82, 2.24) is 5.32 Å². The molecule has 3 nitrogen and oxygen atoms in total. The van der Waals surface area contributed by atoms with Crippen molar-refractivity contribution < 1.29 is 4.79 Å². The highest BCUT2D eigenvalue weighted by Crippen LogP contribution is 2.39. The van der Waals surface area contributed by atoms with E-state index in [0.717, 1.165) is 4.88 Å². The van der Waals surface area contributed by atoms with Crippen LogP contribution in [0.3, 0.4) is 0 Å². The minimum Gasteiger partial charge on any atom is -0.349 e. The number of halogens is 1.